The van der Waals surface area contributed by atoms with Crippen molar-refractivity contribution < 1.29 is 14.8 Å². The summed E-state index contributed by atoms with van der Waals surface area (Å²) in [6.45, 7) is 3.03. The van der Waals surface area contributed by atoms with Crippen LogP contribution < -0.4 is 10.2 Å². The Bertz CT molecular complexity index is 566. The molecule has 1 amide bonds. The number of nitro groups is 1. The molecule has 1 aliphatic heterocycles. The normalized spacial score (nSPS) is 19.3. The number of amides is 1. The number of nitrogens with one attached hydrogen (secondary N) is 1. The third-order valence-electron chi connectivity index (χ3n) is 3.76. The second-order valence-electron chi connectivity index (χ2n) is 5.12. The number of hydrogen-bond acceptors (Lipinski definition) is 4. The molecule has 2 unspecified atom stereocenters. The van der Waals surface area contributed by atoms with E-state index in [4.69, 9.17) is 16.7 Å². The predicted molar refractivity (Wildman–Crippen MR) is 79.0 cm³/mol. The van der Waals surface area contributed by atoms with Crippen LogP contribution in [0, 0.1) is 16.0 Å². The smallest absolute Gasteiger partial charge is 0.404 e. The topological polar surface area (TPSA) is 95.7 Å². The first-order chi connectivity index (χ1) is 9.88. The Balaban J connectivity index is 2.14. The highest BCUT2D eigenvalue weighted by Crippen LogP contribution is 2.34. The molecule has 2 atom stereocenters. The third-order valence-corrected chi connectivity index (χ3v) is 3.99. The number of halogens is 1. The number of carbonyl (C=O) groups is 1. The van der Waals surface area contributed by atoms with Gasteiger partial charge in [0.1, 0.15) is 5.69 Å². The molecule has 114 valence electrons. The Kier molecular flexibility index (Phi) is 4.52. The van der Waals surface area contributed by atoms with Gasteiger partial charge < -0.3 is 15.3 Å². The molecular weight excluding hydrogens is 298 g/mol. The highest BCUT2D eigenvalue weighted by Gasteiger charge is 2.31. The summed E-state index contributed by atoms with van der Waals surface area (Å²) in [6, 6.07) is 4.40. The van der Waals surface area contributed by atoms with E-state index in [2.05, 4.69) is 5.32 Å². The lowest BCUT2D eigenvalue weighted by molar-refractivity contribution is -0.384. The fourth-order valence-corrected chi connectivity index (χ4v) is 2.80. The molecule has 0 spiro atoms. The quantitative estimate of drug-likeness (QED) is 0.658. The summed E-state index contributed by atoms with van der Waals surface area (Å²) in [6.07, 6.45) is -0.278. The van der Waals surface area contributed by atoms with Gasteiger partial charge in [0.05, 0.1) is 4.92 Å². The first-order valence-corrected chi connectivity index (χ1v) is 6.94. The lowest BCUT2D eigenvalue weighted by Gasteiger charge is -2.21. The molecule has 0 bridgehead atoms. The summed E-state index contributed by atoms with van der Waals surface area (Å²) >= 11 is 5.81. The molecule has 8 heteroatoms. The molecule has 0 aromatic heterocycles. The lowest BCUT2D eigenvalue weighted by Crippen LogP contribution is -2.38. The molecule has 1 saturated heterocycles. The van der Waals surface area contributed by atoms with E-state index in [9.17, 15) is 14.9 Å². The van der Waals surface area contributed by atoms with Gasteiger partial charge in [0.15, 0.2) is 0 Å². The van der Waals surface area contributed by atoms with Gasteiger partial charge >= 0.3 is 6.09 Å². The summed E-state index contributed by atoms with van der Waals surface area (Å²) in [5.74, 6) is 0.122. The van der Waals surface area contributed by atoms with E-state index in [0.29, 0.717) is 23.8 Å². The van der Waals surface area contributed by atoms with Gasteiger partial charge in [-0.2, -0.15) is 0 Å². The van der Waals surface area contributed by atoms with Crippen LogP contribution in [0.2, 0.25) is 5.02 Å². The Morgan fingerprint density at radius 1 is 1.62 bits per heavy atom. The second-order valence-corrected chi connectivity index (χ2v) is 5.56. The maximum absolute atomic E-state index is 11.1. The molecule has 1 fully saturated rings. The average Bonchev–Trinajstić information content (AvgIpc) is 2.87. The van der Waals surface area contributed by atoms with Crippen molar-refractivity contribution in [1.82, 2.24) is 5.32 Å². The monoisotopic (exact) mass is 313 g/mol. The number of benzene rings is 1. The van der Waals surface area contributed by atoms with Gasteiger partial charge in [-0.15, -0.1) is 0 Å². The minimum atomic E-state index is -1.06. The Morgan fingerprint density at radius 3 is 2.95 bits per heavy atom. The van der Waals surface area contributed by atoms with Crippen molar-refractivity contribution in [1.29, 1.82) is 0 Å². The van der Waals surface area contributed by atoms with Crippen LogP contribution in [0.4, 0.5) is 16.2 Å². The zero-order valence-corrected chi connectivity index (χ0v) is 12.2. The zero-order valence-electron chi connectivity index (χ0n) is 11.5. The Morgan fingerprint density at radius 2 is 2.33 bits per heavy atom. The highest BCUT2D eigenvalue weighted by atomic mass is 35.5. The van der Waals surface area contributed by atoms with Gasteiger partial charge in [0.2, 0.25) is 0 Å². The predicted octanol–water partition coefficient (Wildman–Crippen LogP) is 2.73. The number of nitro benzene ring substituents is 1. The average molecular weight is 314 g/mol. The minimum absolute atomic E-state index is 0.0259. The Labute approximate surface area is 126 Å². The highest BCUT2D eigenvalue weighted by molar-refractivity contribution is 6.30. The largest absolute Gasteiger partial charge is 0.465 e. The van der Waals surface area contributed by atoms with E-state index in [1.807, 2.05) is 4.90 Å². The van der Waals surface area contributed by atoms with Crippen LogP contribution in [0.25, 0.3) is 0 Å². The van der Waals surface area contributed by atoms with Gasteiger partial charge in [-0.25, -0.2) is 4.79 Å². The zero-order chi connectivity index (χ0) is 15.6. The van der Waals surface area contributed by atoms with E-state index in [1.165, 1.54) is 6.07 Å². The van der Waals surface area contributed by atoms with Crippen molar-refractivity contribution in [2.45, 2.75) is 19.4 Å². The van der Waals surface area contributed by atoms with Crippen LogP contribution in [-0.2, 0) is 0 Å². The van der Waals surface area contributed by atoms with Crippen LogP contribution in [0.5, 0.6) is 0 Å². The number of carboxylic acid groups (broad SMARTS) is 1. The summed E-state index contributed by atoms with van der Waals surface area (Å²) in [5, 5.41) is 22.6. The maximum atomic E-state index is 11.1. The minimum Gasteiger partial charge on any atom is -0.465 e. The van der Waals surface area contributed by atoms with Gasteiger partial charge in [-0.1, -0.05) is 11.6 Å². The third kappa shape index (κ3) is 3.55. The number of hydrogen-bond donors (Lipinski definition) is 2. The first kappa shape index (κ1) is 15.4. The van der Waals surface area contributed by atoms with Crippen LogP contribution >= 0.6 is 11.6 Å². The summed E-state index contributed by atoms with van der Waals surface area (Å²) in [7, 11) is 0. The van der Waals surface area contributed by atoms with E-state index in [-0.39, 0.29) is 17.6 Å². The SMILES string of the molecule is CC(NC(=O)O)C1CCN(c2ccc(Cl)cc2[N+](=O)[O-])C1. The van der Waals surface area contributed by atoms with Crippen LogP contribution in [0.1, 0.15) is 13.3 Å². The fourth-order valence-electron chi connectivity index (χ4n) is 2.64. The van der Waals surface area contributed by atoms with Crippen molar-refractivity contribution in [3.8, 4) is 0 Å². The molecule has 1 aliphatic rings. The fraction of sp³-hybridized carbons (Fsp3) is 0.462. The van der Waals surface area contributed by atoms with E-state index in [0.717, 1.165) is 6.42 Å². The maximum Gasteiger partial charge on any atom is 0.404 e. The van der Waals surface area contributed by atoms with E-state index in [1.54, 1.807) is 19.1 Å². The molecular formula is C13H16ClN3O4. The number of anilines is 1. The molecule has 21 heavy (non-hydrogen) atoms. The lowest BCUT2D eigenvalue weighted by atomic mass is 10.0. The summed E-state index contributed by atoms with van der Waals surface area (Å²) < 4.78 is 0. The van der Waals surface area contributed by atoms with Gasteiger partial charge in [-0.3, -0.25) is 10.1 Å². The molecule has 7 nitrogen and oxygen atoms in total. The van der Waals surface area contributed by atoms with Crippen molar-refractivity contribution in [3.63, 3.8) is 0 Å². The molecule has 1 heterocycles. The van der Waals surface area contributed by atoms with Crippen molar-refractivity contribution in [2.75, 3.05) is 18.0 Å². The standard InChI is InChI=1S/C13H16ClN3O4/c1-8(15-13(18)19)9-4-5-16(7-9)11-3-2-10(14)6-12(11)17(20)21/h2-3,6,8-9,15H,4-5,7H2,1H3,(H,18,19). The van der Waals surface area contributed by atoms with Crippen molar-refractivity contribution >= 4 is 29.1 Å². The van der Waals surface area contributed by atoms with Gasteiger partial charge in [0.25, 0.3) is 5.69 Å². The molecule has 2 rings (SSSR count). The Hall–Kier alpha value is -2.02. The second kappa shape index (κ2) is 6.17. The van der Waals surface area contributed by atoms with E-state index < -0.39 is 11.0 Å². The van der Waals surface area contributed by atoms with Gasteiger partial charge in [0, 0.05) is 30.2 Å². The van der Waals surface area contributed by atoms with Crippen molar-refractivity contribution in [2.24, 2.45) is 5.92 Å². The van der Waals surface area contributed by atoms with Gasteiger partial charge in [-0.05, 0) is 31.4 Å². The molecule has 2 N–H and O–H groups in total. The van der Waals surface area contributed by atoms with Crippen LogP contribution in [-0.4, -0.2) is 35.3 Å². The summed E-state index contributed by atoms with van der Waals surface area (Å²) in [5.41, 5.74) is 0.497. The molecule has 0 radical (unpaired) electrons. The van der Waals surface area contributed by atoms with Crippen LogP contribution in [0.3, 0.4) is 0 Å². The van der Waals surface area contributed by atoms with Crippen molar-refractivity contribution in [3.05, 3.63) is 33.3 Å². The number of nitrogens with zero attached hydrogens (tertiary/aromatic N) is 2. The van der Waals surface area contributed by atoms with Crippen LogP contribution in [0.15, 0.2) is 18.2 Å². The molecule has 1 aromatic rings. The summed E-state index contributed by atoms with van der Waals surface area (Å²) in [4.78, 5) is 23.2. The van der Waals surface area contributed by atoms with E-state index >= 15 is 0 Å². The molecule has 0 saturated carbocycles. The number of rotatable bonds is 4. The molecule has 0 aliphatic carbocycles. The first-order valence-electron chi connectivity index (χ1n) is 6.57. The molecule has 1 aromatic carbocycles.